The first-order valence-corrected chi connectivity index (χ1v) is 7.92. The predicted molar refractivity (Wildman–Crippen MR) is 76.5 cm³/mol. The van der Waals surface area contributed by atoms with Crippen LogP contribution in [0.2, 0.25) is 0 Å². The summed E-state index contributed by atoms with van der Waals surface area (Å²) in [6.07, 6.45) is 18.4. The molecule has 2 nitrogen and oxygen atoms in total. The second-order valence-electron chi connectivity index (χ2n) is 5.86. The molecule has 1 aliphatic carbocycles. The fourth-order valence-corrected chi connectivity index (χ4v) is 3.14. The van der Waals surface area contributed by atoms with Crippen molar-refractivity contribution in [3.05, 3.63) is 0 Å². The quantitative estimate of drug-likeness (QED) is 0.299. The normalized spacial score (nSPS) is 17.6. The summed E-state index contributed by atoms with van der Waals surface area (Å²) in [7, 11) is 0. The first-order chi connectivity index (χ1) is 8.83. The fraction of sp³-hybridized carbons (Fsp3) is 0.938. The maximum atomic E-state index is 10.5. The lowest BCUT2D eigenvalue weighted by molar-refractivity contribution is 0.383. The second kappa shape index (κ2) is 9.33. The van der Waals surface area contributed by atoms with Gasteiger partial charge in [0.1, 0.15) is 0 Å². The Balaban J connectivity index is 2.04. The Hall–Kier alpha value is -0.620. The number of unbranched alkanes of at least 4 members (excludes halogenated alkanes) is 7. The van der Waals surface area contributed by atoms with Gasteiger partial charge in [-0.3, -0.25) is 0 Å². The molecule has 104 valence electrons. The molecule has 0 atom stereocenters. The molecule has 1 saturated carbocycles. The molecule has 0 N–H and O–H groups in total. The van der Waals surface area contributed by atoms with E-state index in [1.54, 1.807) is 6.08 Å². The van der Waals surface area contributed by atoms with Gasteiger partial charge in [0.05, 0.1) is 5.54 Å². The van der Waals surface area contributed by atoms with Crippen LogP contribution in [0.3, 0.4) is 0 Å². The van der Waals surface area contributed by atoms with Gasteiger partial charge in [-0.1, -0.05) is 71.1 Å². The number of hydrogen-bond acceptors (Lipinski definition) is 2. The Bertz CT molecular complexity index is 250. The zero-order valence-corrected chi connectivity index (χ0v) is 12.0. The average Bonchev–Trinajstić information content (AvgIpc) is 2.82. The van der Waals surface area contributed by atoms with Gasteiger partial charge >= 0.3 is 0 Å². The molecule has 0 aromatic heterocycles. The third kappa shape index (κ3) is 5.82. The molecule has 0 saturated heterocycles. The minimum absolute atomic E-state index is 0.00996. The molecule has 1 rings (SSSR count). The van der Waals surface area contributed by atoms with Gasteiger partial charge in [-0.15, -0.1) is 0 Å². The summed E-state index contributed by atoms with van der Waals surface area (Å²) < 4.78 is 0. The summed E-state index contributed by atoms with van der Waals surface area (Å²) in [5, 5.41) is 0. The molecule has 1 aliphatic rings. The van der Waals surface area contributed by atoms with Crippen LogP contribution in [0, 0.1) is 0 Å². The largest absolute Gasteiger partial charge is 0.235 e. The van der Waals surface area contributed by atoms with Crippen LogP contribution in [-0.2, 0) is 4.79 Å². The van der Waals surface area contributed by atoms with E-state index in [1.807, 2.05) is 0 Å². The summed E-state index contributed by atoms with van der Waals surface area (Å²) >= 11 is 0. The lowest BCUT2D eigenvalue weighted by Gasteiger charge is -2.21. The molecular weight excluding hydrogens is 222 g/mol. The summed E-state index contributed by atoms with van der Waals surface area (Å²) in [6, 6.07) is 0. The van der Waals surface area contributed by atoms with Crippen molar-refractivity contribution in [2.75, 3.05) is 0 Å². The zero-order valence-electron chi connectivity index (χ0n) is 12.0. The standard InChI is InChI=1S/C16H29NO/c1-2-3-4-5-6-7-8-9-12-16(17-15-18)13-10-11-14-16/h2-14H2,1H3. The van der Waals surface area contributed by atoms with Crippen molar-refractivity contribution in [2.45, 2.75) is 95.9 Å². The van der Waals surface area contributed by atoms with Crippen LogP contribution in [0.5, 0.6) is 0 Å². The van der Waals surface area contributed by atoms with Crippen LogP contribution in [-0.4, -0.2) is 11.6 Å². The first-order valence-electron chi connectivity index (χ1n) is 7.92. The molecule has 2 heteroatoms. The van der Waals surface area contributed by atoms with Crippen LogP contribution in [0.15, 0.2) is 4.99 Å². The van der Waals surface area contributed by atoms with Gasteiger partial charge in [-0.2, -0.15) is 4.99 Å². The van der Waals surface area contributed by atoms with Crippen molar-refractivity contribution in [3.63, 3.8) is 0 Å². The molecule has 0 radical (unpaired) electrons. The van der Waals surface area contributed by atoms with Crippen molar-refractivity contribution in [3.8, 4) is 0 Å². The van der Waals surface area contributed by atoms with E-state index >= 15 is 0 Å². The highest BCUT2D eigenvalue weighted by molar-refractivity contribution is 5.35. The minimum Gasteiger partial charge on any atom is -0.211 e. The van der Waals surface area contributed by atoms with E-state index in [4.69, 9.17) is 0 Å². The monoisotopic (exact) mass is 251 g/mol. The number of carbonyl (C=O) groups excluding carboxylic acids is 1. The lowest BCUT2D eigenvalue weighted by atomic mass is 9.91. The maximum absolute atomic E-state index is 10.5. The minimum atomic E-state index is -0.00996. The molecule has 18 heavy (non-hydrogen) atoms. The Morgan fingerprint density at radius 2 is 1.50 bits per heavy atom. The molecule has 0 aliphatic heterocycles. The first kappa shape index (κ1) is 15.4. The second-order valence-corrected chi connectivity index (χ2v) is 5.86. The lowest BCUT2D eigenvalue weighted by Crippen LogP contribution is -2.21. The van der Waals surface area contributed by atoms with E-state index in [0.717, 1.165) is 19.3 Å². The molecule has 0 aromatic carbocycles. The number of hydrogen-bond donors (Lipinski definition) is 0. The third-order valence-electron chi connectivity index (χ3n) is 4.31. The van der Waals surface area contributed by atoms with Crippen molar-refractivity contribution >= 4 is 6.08 Å². The van der Waals surface area contributed by atoms with Crippen LogP contribution < -0.4 is 0 Å². The summed E-state index contributed by atoms with van der Waals surface area (Å²) in [4.78, 5) is 14.6. The van der Waals surface area contributed by atoms with Crippen LogP contribution in [0.1, 0.15) is 90.4 Å². The molecule has 0 bridgehead atoms. The van der Waals surface area contributed by atoms with Crippen LogP contribution in [0.25, 0.3) is 0 Å². The van der Waals surface area contributed by atoms with E-state index in [-0.39, 0.29) is 5.54 Å². The molecule has 0 aromatic rings. The van der Waals surface area contributed by atoms with Gasteiger partial charge in [0.15, 0.2) is 0 Å². The van der Waals surface area contributed by atoms with E-state index in [1.165, 1.54) is 64.2 Å². The summed E-state index contributed by atoms with van der Waals surface area (Å²) in [5.74, 6) is 0. The Kier molecular flexibility index (Phi) is 8.00. The predicted octanol–water partition coefficient (Wildman–Crippen LogP) is 5.17. The summed E-state index contributed by atoms with van der Waals surface area (Å²) in [6.45, 7) is 2.26. The van der Waals surface area contributed by atoms with Crippen molar-refractivity contribution in [1.82, 2.24) is 0 Å². The Labute approximate surface area is 112 Å². The maximum Gasteiger partial charge on any atom is 0.235 e. The van der Waals surface area contributed by atoms with Crippen LogP contribution >= 0.6 is 0 Å². The molecule has 0 amide bonds. The topological polar surface area (TPSA) is 29.4 Å². The van der Waals surface area contributed by atoms with Gasteiger partial charge in [0.25, 0.3) is 0 Å². The van der Waals surface area contributed by atoms with E-state index in [9.17, 15) is 4.79 Å². The highest BCUT2D eigenvalue weighted by Crippen LogP contribution is 2.37. The van der Waals surface area contributed by atoms with Crippen molar-refractivity contribution < 1.29 is 4.79 Å². The average molecular weight is 251 g/mol. The molecule has 0 unspecified atom stereocenters. The number of isocyanates is 1. The van der Waals surface area contributed by atoms with Crippen molar-refractivity contribution in [1.29, 1.82) is 0 Å². The number of nitrogens with zero attached hydrogens (tertiary/aromatic N) is 1. The number of aliphatic imine (C=N–C) groups is 1. The van der Waals surface area contributed by atoms with Gasteiger partial charge < -0.3 is 0 Å². The van der Waals surface area contributed by atoms with Crippen LogP contribution in [0.4, 0.5) is 0 Å². The molecular formula is C16H29NO. The third-order valence-corrected chi connectivity index (χ3v) is 4.31. The highest BCUT2D eigenvalue weighted by Gasteiger charge is 2.32. The molecule has 0 spiro atoms. The van der Waals surface area contributed by atoms with E-state index < -0.39 is 0 Å². The summed E-state index contributed by atoms with van der Waals surface area (Å²) in [5.41, 5.74) is -0.00996. The van der Waals surface area contributed by atoms with E-state index in [2.05, 4.69) is 11.9 Å². The highest BCUT2D eigenvalue weighted by atomic mass is 16.1. The van der Waals surface area contributed by atoms with Crippen molar-refractivity contribution in [2.24, 2.45) is 4.99 Å². The Morgan fingerprint density at radius 3 is 2.06 bits per heavy atom. The molecule has 1 fully saturated rings. The van der Waals surface area contributed by atoms with Gasteiger partial charge in [0, 0.05) is 0 Å². The zero-order chi connectivity index (χ0) is 13.1. The number of rotatable bonds is 10. The fourth-order valence-electron chi connectivity index (χ4n) is 3.14. The van der Waals surface area contributed by atoms with Gasteiger partial charge in [0.2, 0.25) is 6.08 Å². The SMILES string of the molecule is CCCCCCCCCCC1(N=C=O)CCCC1. The molecule has 0 heterocycles. The smallest absolute Gasteiger partial charge is 0.211 e. The van der Waals surface area contributed by atoms with E-state index in [0.29, 0.717) is 0 Å². The van der Waals surface area contributed by atoms with Gasteiger partial charge in [-0.05, 0) is 19.3 Å². The Morgan fingerprint density at radius 1 is 0.944 bits per heavy atom. The van der Waals surface area contributed by atoms with Gasteiger partial charge in [-0.25, -0.2) is 4.79 Å².